The maximum Gasteiger partial charge on any atom is 0.274 e. The topological polar surface area (TPSA) is 58.1 Å². The van der Waals surface area contributed by atoms with Crippen LogP contribution in [0.2, 0.25) is 0 Å². The molecule has 27 heavy (non-hydrogen) atoms. The Balaban J connectivity index is 1.67. The number of aromatic nitrogens is 2. The third kappa shape index (κ3) is 3.40. The molecule has 0 saturated carbocycles. The van der Waals surface area contributed by atoms with Crippen LogP contribution in [0.5, 0.6) is 0 Å². The fourth-order valence-corrected chi connectivity index (χ4v) is 3.57. The number of hydrogen-bond donors (Lipinski definition) is 1. The first-order valence-corrected chi connectivity index (χ1v) is 9.12. The van der Waals surface area contributed by atoms with E-state index in [9.17, 15) is 4.79 Å². The Labute approximate surface area is 159 Å². The lowest BCUT2D eigenvalue weighted by Crippen LogP contribution is -2.27. The van der Waals surface area contributed by atoms with Crippen LogP contribution in [0.15, 0.2) is 54.6 Å². The van der Waals surface area contributed by atoms with Crippen LogP contribution in [-0.2, 0) is 6.42 Å². The van der Waals surface area contributed by atoms with E-state index < -0.39 is 0 Å². The van der Waals surface area contributed by atoms with E-state index in [1.54, 1.807) is 6.07 Å². The number of nitrogens with one attached hydrogen (secondary N) is 1. The zero-order chi connectivity index (χ0) is 19.0. The molecule has 0 fully saturated rings. The molecule has 1 aliphatic heterocycles. The lowest BCUT2D eigenvalue weighted by molar-refractivity contribution is 0.102. The second-order valence-electron chi connectivity index (χ2n) is 7.07. The number of para-hydroxylation sites is 1. The molecule has 1 amide bonds. The second-order valence-corrected chi connectivity index (χ2v) is 7.07. The number of carbonyl (C=O) groups is 1. The van der Waals surface area contributed by atoms with Crippen molar-refractivity contribution < 1.29 is 4.79 Å². The van der Waals surface area contributed by atoms with Crippen LogP contribution in [-0.4, -0.2) is 21.9 Å². The van der Waals surface area contributed by atoms with Gasteiger partial charge in [0, 0.05) is 23.1 Å². The van der Waals surface area contributed by atoms with Crippen LogP contribution in [0.1, 0.15) is 34.2 Å². The molecule has 1 aromatic heterocycles. The second kappa shape index (κ2) is 6.83. The lowest BCUT2D eigenvalue weighted by atomic mass is 10.1. The van der Waals surface area contributed by atoms with Crippen LogP contribution in [0, 0.1) is 13.8 Å². The molecule has 5 heteroatoms. The van der Waals surface area contributed by atoms with E-state index in [-0.39, 0.29) is 11.9 Å². The Hall–Kier alpha value is -3.21. The molecule has 0 radical (unpaired) electrons. The third-order valence-corrected chi connectivity index (χ3v) is 4.77. The SMILES string of the molecule is Cc1cccc(NC(=O)c2cc(C)nc(N3c4ccccc4CC3C)n2)c1. The van der Waals surface area contributed by atoms with Crippen molar-refractivity contribution in [1.82, 2.24) is 9.97 Å². The number of nitrogens with zero attached hydrogens (tertiary/aromatic N) is 3. The molecule has 2 heterocycles. The van der Waals surface area contributed by atoms with Crippen molar-refractivity contribution >= 4 is 23.2 Å². The molecule has 1 aliphatic rings. The van der Waals surface area contributed by atoms with Crippen LogP contribution in [0.4, 0.5) is 17.3 Å². The molecule has 2 aromatic carbocycles. The van der Waals surface area contributed by atoms with Gasteiger partial charge >= 0.3 is 0 Å². The minimum Gasteiger partial charge on any atom is -0.321 e. The highest BCUT2D eigenvalue weighted by Crippen LogP contribution is 2.36. The molecule has 4 rings (SSSR count). The van der Waals surface area contributed by atoms with Crippen molar-refractivity contribution in [3.63, 3.8) is 0 Å². The highest BCUT2D eigenvalue weighted by atomic mass is 16.1. The Bertz CT molecular complexity index is 1010. The number of aryl methyl sites for hydroxylation is 2. The van der Waals surface area contributed by atoms with Gasteiger partial charge in [0.05, 0.1) is 0 Å². The van der Waals surface area contributed by atoms with Gasteiger partial charge in [-0.3, -0.25) is 4.79 Å². The minimum absolute atomic E-state index is 0.229. The normalized spacial score (nSPS) is 15.5. The maximum absolute atomic E-state index is 12.8. The standard InChI is InChI=1S/C22H22N4O/c1-14-7-6-9-18(11-14)24-21(27)19-12-15(2)23-22(25-19)26-16(3)13-17-8-4-5-10-20(17)26/h4-12,16H,13H2,1-3H3,(H,24,27). The molecule has 3 aromatic rings. The average molecular weight is 358 g/mol. The smallest absolute Gasteiger partial charge is 0.274 e. The molecule has 1 unspecified atom stereocenters. The quantitative estimate of drug-likeness (QED) is 0.752. The summed E-state index contributed by atoms with van der Waals surface area (Å²) in [6.07, 6.45) is 0.943. The van der Waals surface area contributed by atoms with Gasteiger partial charge in [-0.05, 0) is 62.6 Å². The number of rotatable bonds is 3. The molecule has 0 spiro atoms. The van der Waals surface area contributed by atoms with E-state index in [2.05, 4.69) is 39.2 Å². The van der Waals surface area contributed by atoms with Gasteiger partial charge in [-0.15, -0.1) is 0 Å². The minimum atomic E-state index is -0.229. The number of carbonyl (C=O) groups excluding carboxylic acids is 1. The lowest BCUT2D eigenvalue weighted by Gasteiger charge is -2.23. The first-order chi connectivity index (χ1) is 13.0. The van der Waals surface area contributed by atoms with Gasteiger partial charge in [-0.1, -0.05) is 30.3 Å². The van der Waals surface area contributed by atoms with E-state index in [1.807, 2.05) is 50.2 Å². The van der Waals surface area contributed by atoms with Crippen LogP contribution in [0.25, 0.3) is 0 Å². The van der Waals surface area contributed by atoms with Gasteiger partial charge in [0.1, 0.15) is 5.69 Å². The molecule has 1 atom stereocenters. The van der Waals surface area contributed by atoms with Crippen molar-refractivity contribution in [1.29, 1.82) is 0 Å². The number of amides is 1. The summed E-state index contributed by atoms with van der Waals surface area (Å²) < 4.78 is 0. The van der Waals surface area contributed by atoms with Gasteiger partial charge in [0.2, 0.25) is 5.95 Å². The van der Waals surface area contributed by atoms with Gasteiger partial charge in [-0.2, -0.15) is 0 Å². The zero-order valence-corrected chi connectivity index (χ0v) is 15.7. The molecular weight excluding hydrogens is 336 g/mol. The predicted octanol–water partition coefficient (Wildman–Crippen LogP) is 4.43. The highest BCUT2D eigenvalue weighted by molar-refractivity contribution is 6.03. The first-order valence-electron chi connectivity index (χ1n) is 9.12. The monoisotopic (exact) mass is 358 g/mol. The number of benzene rings is 2. The summed E-state index contributed by atoms with van der Waals surface area (Å²) in [6.45, 7) is 6.04. The van der Waals surface area contributed by atoms with Crippen LogP contribution < -0.4 is 10.2 Å². The average Bonchev–Trinajstić information content (AvgIpc) is 2.97. The van der Waals surface area contributed by atoms with E-state index >= 15 is 0 Å². The Morgan fingerprint density at radius 3 is 2.70 bits per heavy atom. The van der Waals surface area contributed by atoms with Crippen molar-refractivity contribution in [3.05, 3.63) is 77.1 Å². The van der Waals surface area contributed by atoms with E-state index in [0.717, 1.165) is 29.1 Å². The van der Waals surface area contributed by atoms with E-state index in [1.165, 1.54) is 5.56 Å². The van der Waals surface area contributed by atoms with Crippen molar-refractivity contribution in [2.45, 2.75) is 33.2 Å². The third-order valence-electron chi connectivity index (χ3n) is 4.77. The summed E-state index contributed by atoms with van der Waals surface area (Å²) in [5.74, 6) is 0.342. The van der Waals surface area contributed by atoms with Crippen LogP contribution >= 0.6 is 0 Å². The maximum atomic E-state index is 12.8. The summed E-state index contributed by atoms with van der Waals surface area (Å²) in [4.78, 5) is 24.1. The molecule has 136 valence electrons. The number of fused-ring (bicyclic) bond motifs is 1. The van der Waals surface area contributed by atoms with E-state index in [4.69, 9.17) is 0 Å². The summed E-state index contributed by atoms with van der Waals surface area (Å²) in [5.41, 5.74) is 5.38. The van der Waals surface area contributed by atoms with Crippen molar-refractivity contribution in [2.75, 3.05) is 10.2 Å². The predicted molar refractivity (Wildman–Crippen MR) is 108 cm³/mol. The molecule has 5 nitrogen and oxygen atoms in total. The molecular formula is C22H22N4O. The van der Waals surface area contributed by atoms with Crippen molar-refractivity contribution in [3.8, 4) is 0 Å². The summed E-state index contributed by atoms with van der Waals surface area (Å²) in [7, 11) is 0. The fourth-order valence-electron chi connectivity index (χ4n) is 3.57. The number of hydrogen-bond acceptors (Lipinski definition) is 4. The van der Waals surface area contributed by atoms with E-state index in [0.29, 0.717) is 11.6 Å². The number of anilines is 3. The fraction of sp³-hybridized carbons (Fsp3) is 0.227. The van der Waals surface area contributed by atoms with Gasteiger partial charge in [-0.25, -0.2) is 9.97 Å². The van der Waals surface area contributed by atoms with Gasteiger partial charge < -0.3 is 10.2 Å². The van der Waals surface area contributed by atoms with Gasteiger partial charge in [0.15, 0.2) is 0 Å². The highest BCUT2D eigenvalue weighted by Gasteiger charge is 2.29. The Kier molecular flexibility index (Phi) is 4.36. The first kappa shape index (κ1) is 17.2. The van der Waals surface area contributed by atoms with Crippen molar-refractivity contribution in [2.24, 2.45) is 0 Å². The summed E-state index contributed by atoms with van der Waals surface area (Å²) in [5, 5.41) is 2.93. The van der Waals surface area contributed by atoms with Gasteiger partial charge in [0.25, 0.3) is 5.91 Å². The molecule has 1 N–H and O–H groups in total. The molecule has 0 bridgehead atoms. The summed E-state index contributed by atoms with van der Waals surface area (Å²) in [6, 6.07) is 18.0. The zero-order valence-electron chi connectivity index (χ0n) is 15.7. The van der Waals surface area contributed by atoms with Crippen LogP contribution in [0.3, 0.4) is 0 Å². The largest absolute Gasteiger partial charge is 0.321 e. The molecule has 0 saturated heterocycles. The summed E-state index contributed by atoms with van der Waals surface area (Å²) >= 11 is 0. The Morgan fingerprint density at radius 2 is 1.89 bits per heavy atom. The molecule has 0 aliphatic carbocycles. The Morgan fingerprint density at radius 1 is 1.07 bits per heavy atom.